The summed E-state index contributed by atoms with van der Waals surface area (Å²) >= 11 is 0. The second kappa shape index (κ2) is 7.06. The van der Waals surface area contributed by atoms with Crippen molar-refractivity contribution in [1.82, 2.24) is 5.32 Å². The molecule has 2 nitrogen and oxygen atoms in total. The summed E-state index contributed by atoms with van der Waals surface area (Å²) in [6, 6.07) is 15.7. The number of hydrogen-bond acceptors (Lipinski definition) is 2. The second-order valence-corrected chi connectivity index (χ2v) is 5.89. The largest absolute Gasteiger partial charge is 0.378 e. The number of hydrogen-bond donors (Lipinski definition) is 1. The van der Waals surface area contributed by atoms with Crippen LogP contribution in [0.1, 0.15) is 44.2 Å². The molecule has 1 aliphatic heterocycles. The van der Waals surface area contributed by atoms with E-state index in [0.29, 0.717) is 12.1 Å². The molecule has 3 rings (SSSR count). The highest BCUT2D eigenvalue weighted by Gasteiger charge is 2.19. The van der Waals surface area contributed by atoms with Gasteiger partial charge in [0.25, 0.3) is 0 Å². The van der Waals surface area contributed by atoms with Gasteiger partial charge in [0.15, 0.2) is 0 Å². The van der Waals surface area contributed by atoms with Crippen molar-refractivity contribution in [2.45, 2.75) is 44.8 Å². The van der Waals surface area contributed by atoms with E-state index in [1.807, 2.05) is 0 Å². The lowest BCUT2D eigenvalue weighted by atomic mass is 9.94. The van der Waals surface area contributed by atoms with E-state index in [0.717, 1.165) is 26.0 Å². The monoisotopic (exact) mass is 283 g/mol. The minimum atomic E-state index is 0.422. The van der Waals surface area contributed by atoms with Crippen LogP contribution in [0.5, 0.6) is 0 Å². The van der Waals surface area contributed by atoms with Gasteiger partial charge in [0.2, 0.25) is 0 Å². The van der Waals surface area contributed by atoms with Crippen molar-refractivity contribution >= 4 is 10.8 Å². The van der Waals surface area contributed by atoms with Crippen molar-refractivity contribution in [1.29, 1.82) is 0 Å². The van der Waals surface area contributed by atoms with Gasteiger partial charge in [0.1, 0.15) is 0 Å². The Morgan fingerprint density at radius 3 is 2.86 bits per heavy atom. The molecule has 1 aliphatic rings. The summed E-state index contributed by atoms with van der Waals surface area (Å²) < 4.78 is 5.78. The lowest BCUT2D eigenvalue weighted by Crippen LogP contribution is -2.22. The van der Waals surface area contributed by atoms with Crippen LogP contribution in [0.2, 0.25) is 0 Å². The molecular formula is C19H25NO. The third-order valence-electron chi connectivity index (χ3n) is 4.45. The Morgan fingerprint density at radius 2 is 2.05 bits per heavy atom. The van der Waals surface area contributed by atoms with Gasteiger partial charge in [-0.05, 0) is 48.6 Å². The summed E-state index contributed by atoms with van der Waals surface area (Å²) in [5.74, 6) is 0. The fraction of sp³-hybridized carbons (Fsp3) is 0.474. The number of ether oxygens (including phenoxy) is 1. The van der Waals surface area contributed by atoms with Crippen molar-refractivity contribution in [2.24, 2.45) is 0 Å². The van der Waals surface area contributed by atoms with E-state index in [9.17, 15) is 0 Å². The second-order valence-electron chi connectivity index (χ2n) is 5.89. The van der Waals surface area contributed by atoms with Gasteiger partial charge in [-0.1, -0.05) is 49.4 Å². The molecule has 2 unspecified atom stereocenters. The summed E-state index contributed by atoms with van der Waals surface area (Å²) in [6.45, 7) is 4.13. The predicted octanol–water partition coefficient (Wildman–Crippen LogP) is 4.45. The number of rotatable bonds is 6. The third kappa shape index (κ3) is 3.45. The van der Waals surface area contributed by atoms with Crippen LogP contribution in [0.3, 0.4) is 0 Å². The molecule has 21 heavy (non-hydrogen) atoms. The van der Waals surface area contributed by atoms with Crippen LogP contribution in [0.25, 0.3) is 10.8 Å². The summed E-state index contributed by atoms with van der Waals surface area (Å²) in [4.78, 5) is 0. The zero-order chi connectivity index (χ0) is 14.5. The normalized spacial score (nSPS) is 20.0. The van der Waals surface area contributed by atoms with E-state index >= 15 is 0 Å². The minimum Gasteiger partial charge on any atom is -0.378 e. The molecule has 112 valence electrons. The van der Waals surface area contributed by atoms with Crippen LogP contribution in [0.4, 0.5) is 0 Å². The molecule has 1 N–H and O–H groups in total. The molecule has 0 bridgehead atoms. The molecule has 0 amide bonds. The van der Waals surface area contributed by atoms with Crippen LogP contribution >= 0.6 is 0 Å². The van der Waals surface area contributed by atoms with Crippen LogP contribution in [-0.4, -0.2) is 19.3 Å². The van der Waals surface area contributed by atoms with E-state index in [1.54, 1.807) is 0 Å². The van der Waals surface area contributed by atoms with Gasteiger partial charge in [0.05, 0.1) is 6.10 Å². The average Bonchev–Trinajstić information content (AvgIpc) is 3.04. The highest BCUT2D eigenvalue weighted by atomic mass is 16.5. The van der Waals surface area contributed by atoms with Gasteiger partial charge in [-0.15, -0.1) is 0 Å². The molecule has 0 radical (unpaired) electrons. The maximum absolute atomic E-state index is 5.78. The molecule has 0 aliphatic carbocycles. The Bertz CT molecular complexity index is 569. The first-order chi connectivity index (χ1) is 10.4. The van der Waals surface area contributed by atoms with Gasteiger partial charge in [-0.2, -0.15) is 0 Å². The molecule has 2 atom stereocenters. The Morgan fingerprint density at radius 1 is 1.19 bits per heavy atom. The van der Waals surface area contributed by atoms with E-state index in [4.69, 9.17) is 4.74 Å². The van der Waals surface area contributed by atoms with Crippen molar-refractivity contribution in [3.63, 3.8) is 0 Å². The zero-order valence-electron chi connectivity index (χ0n) is 12.8. The van der Waals surface area contributed by atoms with Gasteiger partial charge in [0, 0.05) is 12.6 Å². The summed E-state index contributed by atoms with van der Waals surface area (Å²) in [6.07, 6.45) is 5.23. The average molecular weight is 283 g/mol. The van der Waals surface area contributed by atoms with Crippen LogP contribution in [0.15, 0.2) is 42.5 Å². The number of fused-ring (bicyclic) bond motifs is 1. The summed E-state index contributed by atoms with van der Waals surface area (Å²) in [5.41, 5.74) is 1.42. The number of nitrogens with one attached hydrogen (secondary N) is 1. The topological polar surface area (TPSA) is 21.3 Å². The Balaban J connectivity index is 1.80. The SMILES string of the molecule is CCNC(CCC1CCCO1)c1cccc2ccccc12. The first-order valence-electron chi connectivity index (χ1n) is 8.21. The van der Waals surface area contributed by atoms with Crippen LogP contribution in [0, 0.1) is 0 Å². The minimum absolute atomic E-state index is 0.422. The Labute approximate surface area is 127 Å². The molecule has 2 aromatic carbocycles. The first kappa shape index (κ1) is 14.6. The molecule has 0 aromatic heterocycles. The van der Waals surface area contributed by atoms with Gasteiger partial charge in [-0.3, -0.25) is 0 Å². The zero-order valence-corrected chi connectivity index (χ0v) is 12.8. The maximum Gasteiger partial charge on any atom is 0.0576 e. The molecule has 0 spiro atoms. The first-order valence-corrected chi connectivity index (χ1v) is 8.21. The van der Waals surface area contributed by atoms with Gasteiger partial charge < -0.3 is 10.1 Å². The quantitative estimate of drug-likeness (QED) is 0.845. The molecule has 1 heterocycles. The van der Waals surface area contributed by atoms with E-state index in [-0.39, 0.29) is 0 Å². The van der Waals surface area contributed by atoms with Crippen LogP contribution in [-0.2, 0) is 4.74 Å². The summed E-state index contributed by atoms with van der Waals surface area (Å²) in [7, 11) is 0. The maximum atomic E-state index is 5.78. The van der Waals surface area contributed by atoms with Crippen molar-refractivity contribution < 1.29 is 4.74 Å². The van der Waals surface area contributed by atoms with Gasteiger partial charge >= 0.3 is 0 Å². The van der Waals surface area contributed by atoms with Crippen LogP contribution < -0.4 is 5.32 Å². The van der Waals surface area contributed by atoms with E-state index in [1.165, 1.54) is 29.2 Å². The third-order valence-corrected chi connectivity index (χ3v) is 4.45. The predicted molar refractivity (Wildman–Crippen MR) is 88.6 cm³/mol. The fourth-order valence-corrected chi connectivity index (χ4v) is 3.39. The standard InChI is InChI=1S/C19H25NO/c1-2-20-19(13-12-16-9-6-14-21-16)18-11-5-8-15-7-3-4-10-17(15)18/h3-5,7-8,10-11,16,19-20H,2,6,9,12-14H2,1H3. The lowest BCUT2D eigenvalue weighted by Gasteiger charge is -2.21. The molecule has 0 saturated carbocycles. The fourth-order valence-electron chi connectivity index (χ4n) is 3.39. The Hall–Kier alpha value is -1.38. The van der Waals surface area contributed by atoms with E-state index in [2.05, 4.69) is 54.7 Å². The molecule has 1 saturated heterocycles. The smallest absolute Gasteiger partial charge is 0.0576 e. The highest BCUT2D eigenvalue weighted by Crippen LogP contribution is 2.29. The number of benzene rings is 2. The van der Waals surface area contributed by atoms with Crippen molar-refractivity contribution in [3.05, 3.63) is 48.0 Å². The molecular weight excluding hydrogens is 258 g/mol. The van der Waals surface area contributed by atoms with Crippen molar-refractivity contribution in [3.8, 4) is 0 Å². The molecule has 2 heteroatoms. The highest BCUT2D eigenvalue weighted by molar-refractivity contribution is 5.86. The Kier molecular flexibility index (Phi) is 4.89. The van der Waals surface area contributed by atoms with Crippen molar-refractivity contribution in [2.75, 3.05) is 13.2 Å². The van der Waals surface area contributed by atoms with Gasteiger partial charge in [-0.25, -0.2) is 0 Å². The summed E-state index contributed by atoms with van der Waals surface area (Å²) in [5, 5.41) is 6.36. The van der Waals surface area contributed by atoms with E-state index < -0.39 is 0 Å². The lowest BCUT2D eigenvalue weighted by molar-refractivity contribution is 0.0997. The molecule has 2 aromatic rings. The molecule has 1 fully saturated rings.